The maximum absolute atomic E-state index is 8.99. The molecule has 0 bridgehead atoms. The third-order valence-corrected chi connectivity index (χ3v) is 2.47. The van der Waals surface area contributed by atoms with E-state index < -0.39 is 0 Å². The minimum absolute atomic E-state index is 0.232. The lowest BCUT2D eigenvalue weighted by atomic mass is 10.1. The van der Waals surface area contributed by atoms with Gasteiger partial charge in [0.05, 0.1) is 0 Å². The van der Waals surface area contributed by atoms with Crippen LogP contribution in [0.25, 0.3) is 0 Å². The molecule has 1 fully saturated rings. The molecule has 0 radical (unpaired) electrons. The van der Waals surface area contributed by atoms with Gasteiger partial charge in [-0.15, -0.1) is 12.3 Å². The lowest BCUT2D eigenvalue weighted by Gasteiger charge is -2.11. The van der Waals surface area contributed by atoms with Gasteiger partial charge in [0.1, 0.15) is 0 Å². The van der Waals surface area contributed by atoms with Crippen molar-refractivity contribution in [2.45, 2.75) is 25.7 Å². The number of terminal acetylenes is 1. The van der Waals surface area contributed by atoms with Gasteiger partial charge < -0.3 is 10.4 Å². The van der Waals surface area contributed by atoms with E-state index >= 15 is 0 Å². The van der Waals surface area contributed by atoms with Crippen LogP contribution in [0.3, 0.4) is 0 Å². The topological polar surface area (TPSA) is 32.3 Å². The molecule has 1 saturated carbocycles. The molecule has 1 aliphatic carbocycles. The van der Waals surface area contributed by atoms with Crippen molar-refractivity contribution in [2.75, 3.05) is 19.7 Å². The minimum atomic E-state index is 0.232. The molecule has 0 spiro atoms. The number of unbranched alkanes of at least 4 members (excludes halogenated alkanes) is 1. The lowest BCUT2D eigenvalue weighted by Crippen LogP contribution is -2.27. The summed E-state index contributed by atoms with van der Waals surface area (Å²) < 4.78 is 0. The van der Waals surface area contributed by atoms with Crippen molar-refractivity contribution >= 4 is 0 Å². The highest BCUT2D eigenvalue weighted by molar-refractivity contribution is 4.94. The predicted octanol–water partition coefficient (Wildman–Crippen LogP) is 0.762. The quantitative estimate of drug-likeness (QED) is 0.452. The van der Waals surface area contributed by atoms with E-state index in [4.69, 9.17) is 11.5 Å². The summed E-state index contributed by atoms with van der Waals surface area (Å²) in [6.07, 6.45) is 9.35. The van der Waals surface area contributed by atoms with E-state index in [1.54, 1.807) is 0 Å². The SMILES string of the molecule is C#CCCCNCC1(CO)CC1. The van der Waals surface area contributed by atoms with Crippen LogP contribution < -0.4 is 5.32 Å². The van der Waals surface area contributed by atoms with Crippen LogP contribution in [0.2, 0.25) is 0 Å². The Bertz CT molecular complexity index is 167. The number of aliphatic hydroxyl groups excluding tert-OH is 1. The average Bonchev–Trinajstić information content (AvgIpc) is 2.85. The van der Waals surface area contributed by atoms with E-state index in [9.17, 15) is 0 Å². The summed E-state index contributed by atoms with van der Waals surface area (Å²) in [5.41, 5.74) is 0.232. The summed E-state index contributed by atoms with van der Waals surface area (Å²) >= 11 is 0. The fourth-order valence-electron chi connectivity index (χ4n) is 1.24. The van der Waals surface area contributed by atoms with Gasteiger partial charge in [0.25, 0.3) is 0 Å². The maximum atomic E-state index is 8.99. The molecule has 1 rings (SSSR count). The second kappa shape index (κ2) is 4.49. The van der Waals surface area contributed by atoms with Gasteiger partial charge in [0, 0.05) is 25.0 Å². The summed E-state index contributed by atoms with van der Waals surface area (Å²) in [4.78, 5) is 0. The first-order chi connectivity index (χ1) is 5.83. The van der Waals surface area contributed by atoms with Crippen LogP contribution in [-0.2, 0) is 0 Å². The van der Waals surface area contributed by atoms with Crippen LogP contribution in [-0.4, -0.2) is 24.8 Å². The first kappa shape index (κ1) is 9.57. The molecule has 1 aliphatic rings. The molecule has 0 aromatic rings. The molecule has 0 aromatic heterocycles. The molecule has 0 aromatic carbocycles. The van der Waals surface area contributed by atoms with Crippen LogP contribution in [0, 0.1) is 17.8 Å². The third kappa shape index (κ3) is 2.84. The first-order valence-corrected chi connectivity index (χ1v) is 4.58. The Kier molecular flexibility index (Phi) is 3.58. The van der Waals surface area contributed by atoms with E-state index in [2.05, 4.69) is 11.2 Å². The van der Waals surface area contributed by atoms with Crippen LogP contribution in [0.1, 0.15) is 25.7 Å². The second-order valence-electron chi connectivity index (χ2n) is 3.64. The molecule has 68 valence electrons. The molecule has 0 saturated heterocycles. The van der Waals surface area contributed by atoms with Crippen molar-refractivity contribution in [2.24, 2.45) is 5.41 Å². The summed E-state index contributed by atoms with van der Waals surface area (Å²) in [5, 5.41) is 12.3. The Morgan fingerprint density at radius 3 is 2.75 bits per heavy atom. The molecule has 0 heterocycles. The fraction of sp³-hybridized carbons (Fsp3) is 0.800. The third-order valence-electron chi connectivity index (χ3n) is 2.47. The largest absolute Gasteiger partial charge is 0.396 e. The van der Waals surface area contributed by atoms with Crippen LogP contribution in [0.15, 0.2) is 0 Å². The molecular formula is C10H17NO. The zero-order valence-electron chi connectivity index (χ0n) is 7.47. The first-order valence-electron chi connectivity index (χ1n) is 4.58. The lowest BCUT2D eigenvalue weighted by molar-refractivity contribution is 0.208. The highest BCUT2D eigenvalue weighted by Crippen LogP contribution is 2.44. The van der Waals surface area contributed by atoms with Crippen LogP contribution in [0.5, 0.6) is 0 Å². The van der Waals surface area contributed by atoms with Gasteiger partial charge in [-0.25, -0.2) is 0 Å². The minimum Gasteiger partial charge on any atom is -0.396 e. The van der Waals surface area contributed by atoms with Crippen molar-refractivity contribution in [3.05, 3.63) is 0 Å². The molecule has 2 nitrogen and oxygen atoms in total. The zero-order valence-corrected chi connectivity index (χ0v) is 7.47. The summed E-state index contributed by atoms with van der Waals surface area (Å²) in [7, 11) is 0. The van der Waals surface area contributed by atoms with Crippen LogP contribution in [0.4, 0.5) is 0 Å². The number of nitrogens with one attached hydrogen (secondary N) is 1. The highest BCUT2D eigenvalue weighted by atomic mass is 16.3. The molecule has 0 atom stereocenters. The standard InChI is InChI=1S/C10H17NO/c1-2-3-4-7-11-8-10(9-12)5-6-10/h1,11-12H,3-9H2. The Balaban J connectivity index is 1.93. The molecule has 0 unspecified atom stereocenters. The number of aliphatic hydroxyl groups is 1. The molecule has 2 N–H and O–H groups in total. The van der Waals surface area contributed by atoms with Crippen molar-refractivity contribution in [1.82, 2.24) is 5.32 Å². The summed E-state index contributed by atoms with van der Waals surface area (Å²) in [6.45, 7) is 2.26. The van der Waals surface area contributed by atoms with E-state index in [-0.39, 0.29) is 5.41 Å². The molecule has 12 heavy (non-hydrogen) atoms. The van der Waals surface area contributed by atoms with Gasteiger partial charge in [-0.05, 0) is 25.8 Å². The van der Waals surface area contributed by atoms with E-state index in [0.717, 1.165) is 25.9 Å². The summed E-state index contributed by atoms with van der Waals surface area (Å²) in [5.74, 6) is 2.61. The second-order valence-corrected chi connectivity index (χ2v) is 3.64. The average molecular weight is 167 g/mol. The van der Waals surface area contributed by atoms with Crippen LogP contribution >= 0.6 is 0 Å². The molecule has 0 amide bonds. The van der Waals surface area contributed by atoms with Gasteiger partial charge in [0.15, 0.2) is 0 Å². The van der Waals surface area contributed by atoms with Gasteiger partial charge in [-0.2, -0.15) is 0 Å². The molecule has 0 aliphatic heterocycles. The van der Waals surface area contributed by atoms with Gasteiger partial charge in [-0.1, -0.05) is 0 Å². The Labute approximate surface area is 74.4 Å². The number of hydrogen-bond donors (Lipinski definition) is 2. The molecule has 2 heteroatoms. The molecular weight excluding hydrogens is 150 g/mol. The smallest absolute Gasteiger partial charge is 0.0499 e. The number of rotatable bonds is 6. The monoisotopic (exact) mass is 167 g/mol. The Morgan fingerprint density at radius 1 is 1.50 bits per heavy atom. The van der Waals surface area contributed by atoms with E-state index in [1.807, 2.05) is 0 Å². The van der Waals surface area contributed by atoms with Gasteiger partial charge in [0.2, 0.25) is 0 Å². The van der Waals surface area contributed by atoms with Crippen molar-refractivity contribution < 1.29 is 5.11 Å². The normalized spacial score (nSPS) is 18.7. The van der Waals surface area contributed by atoms with Gasteiger partial charge in [-0.3, -0.25) is 0 Å². The fourth-order valence-corrected chi connectivity index (χ4v) is 1.24. The van der Waals surface area contributed by atoms with E-state index in [0.29, 0.717) is 6.61 Å². The zero-order chi connectivity index (χ0) is 8.86. The predicted molar refractivity (Wildman–Crippen MR) is 49.7 cm³/mol. The summed E-state index contributed by atoms with van der Waals surface area (Å²) in [6, 6.07) is 0. The Morgan fingerprint density at radius 2 is 2.25 bits per heavy atom. The Hall–Kier alpha value is -0.520. The van der Waals surface area contributed by atoms with E-state index in [1.165, 1.54) is 12.8 Å². The van der Waals surface area contributed by atoms with Crippen molar-refractivity contribution in [3.8, 4) is 12.3 Å². The maximum Gasteiger partial charge on any atom is 0.0499 e. The van der Waals surface area contributed by atoms with Crippen molar-refractivity contribution in [3.63, 3.8) is 0 Å². The van der Waals surface area contributed by atoms with Crippen molar-refractivity contribution in [1.29, 1.82) is 0 Å². The highest BCUT2D eigenvalue weighted by Gasteiger charge is 2.41. The van der Waals surface area contributed by atoms with Gasteiger partial charge >= 0.3 is 0 Å². The number of hydrogen-bond acceptors (Lipinski definition) is 2.